The summed E-state index contributed by atoms with van der Waals surface area (Å²) < 4.78 is 22.6. The lowest BCUT2D eigenvalue weighted by Crippen LogP contribution is -2.26. The summed E-state index contributed by atoms with van der Waals surface area (Å²) in [4.78, 5) is 20.1. The first kappa shape index (κ1) is 23.7. The van der Waals surface area contributed by atoms with E-state index in [0.717, 1.165) is 43.1 Å². The summed E-state index contributed by atoms with van der Waals surface area (Å²) in [6.07, 6.45) is 4.50. The van der Waals surface area contributed by atoms with Crippen molar-refractivity contribution < 1.29 is 9.13 Å². The van der Waals surface area contributed by atoms with Gasteiger partial charge in [0.1, 0.15) is 11.1 Å². The summed E-state index contributed by atoms with van der Waals surface area (Å²) in [6.45, 7) is 9.15. The molecule has 0 aliphatic carbocycles. The Hall–Kier alpha value is -2.98. The topological polar surface area (TPSA) is 92.2 Å². The Morgan fingerprint density at radius 3 is 2.80 bits per heavy atom. The number of nitrogens with zero attached hydrogens (tertiary/aromatic N) is 6. The van der Waals surface area contributed by atoms with Crippen LogP contribution in [0, 0.1) is 19.8 Å². The predicted octanol–water partition coefficient (Wildman–Crippen LogP) is 3.19. The number of hydrogen-bond acceptors (Lipinski definition) is 7. The minimum Gasteiger partial charge on any atom is -0.472 e. The summed E-state index contributed by atoms with van der Waals surface area (Å²) in [5.41, 5.74) is 3.59. The van der Waals surface area contributed by atoms with Gasteiger partial charge >= 0.3 is 0 Å². The second-order valence-corrected chi connectivity index (χ2v) is 9.59. The Bertz CT molecular complexity index is 1270. The Balaban J connectivity index is 1.31. The molecule has 0 unspecified atom stereocenters. The summed E-state index contributed by atoms with van der Waals surface area (Å²) in [6, 6.07) is 3.20. The first-order valence-corrected chi connectivity index (χ1v) is 12.4. The monoisotopic (exact) mass is 501 g/mol. The zero-order valence-electron chi connectivity index (χ0n) is 19.9. The van der Waals surface area contributed by atoms with Crippen molar-refractivity contribution in [3.8, 4) is 17.0 Å². The van der Waals surface area contributed by atoms with Gasteiger partial charge in [0.25, 0.3) is 5.56 Å². The molecule has 186 valence electrons. The molecule has 0 radical (unpaired) electrons. The van der Waals surface area contributed by atoms with E-state index in [0.29, 0.717) is 30.8 Å². The van der Waals surface area contributed by atoms with Gasteiger partial charge in [-0.3, -0.25) is 9.48 Å². The quantitative estimate of drug-likeness (QED) is 0.497. The molecule has 5 heterocycles. The highest BCUT2D eigenvalue weighted by Gasteiger charge is 2.27. The van der Waals surface area contributed by atoms with E-state index in [-0.39, 0.29) is 17.0 Å². The van der Waals surface area contributed by atoms with Crippen LogP contribution in [0.5, 0.6) is 5.88 Å². The molecule has 2 fully saturated rings. The van der Waals surface area contributed by atoms with Gasteiger partial charge in [0.05, 0.1) is 30.7 Å². The average Bonchev–Trinajstić information content (AvgIpc) is 3.55. The third-order valence-electron chi connectivity index (χ3n) is 6.82. The van der Waals surface area contributed by atoms with Crippen LogP contribution >= 0.6 is 11.6 Å². The summed E-state index contributed by atoms with van der Waals surface area (Å²) in [5.74, 6) is -0.372. The molecule has 11 heteroatoms. The molecule has 0 bridgehead atoms. The van der Waals surface area contributed by atoms with Crippen molar-refractivity contribution in [3.63, 3.8) is 0 Å². The number of nitrogens with one attached hydrogen (secondary N) is 1. The Kier molecular flexibility index (Phi) is 6.75. The van der Waals surface area contributed by atoms with Gasteiger partial charge in [-0.25, -0.2) is 5.10 Å². The molecule has 3 aromatic rings. The number of ether oxygens (including phenoxy) is 1. The first-order chi connectivity index (χ1) is 16.9. The summed E-state index contributed by atoms with van der Waals surface area (Å²) in [5, 5.41) is 11.0. The number of halogens is 2. The molecule has 3 aromatic heterocycles. The van der Waals surface area contributed by atoms with Crippen LogP contribution in [0.2, 0.25) is 5.02 Å². The van der Waals surface area contributed by atoms with Gasteiger partial charge in [-0.1, -0.05) is 11.6 Å². The normalized spacial score (nSPS) is 18.5. The largest absolute Gasteiger partial charge is 0.472 e. The van der Waals surface area contributed by atoms with E-state index in [1.165, 1.54) is 25.1 Å². The fourth-order valence-corrected chi connectivity index (χ4v) is 5.27. The number of rotatable bonds is 7. The third-order valence-corrected chi connectivity index (χ3v) is 7.18. The highest BCUT2D eigenvalue weighted by atomic mass is 35.5. The lowest BCUT2D eigenvalue weighted by molar-refractivity contribution is 0.213. The summed E-state index contributed by atoms with van der Waals surface area (Å²) in [7, 11) is 0. The van der Waals surface area contributed by atoms with Gasteiger partial charge in [-0.15, -0.1) is 0 Å². The maximum absolute atomic E-state index is 14.5. The molecule has 9 nitrogen and oxygen atoms in total. The molecule has 1 N–H and O–H groups in total. The van der Waals surface area contributed by atoms with Crippen LogP contribution in [0.15, 0.2) is 23.1 Å². The van der Waals surface area contributed by atoms with Gasteiger partial charge in [0, 0.05) is 42.9 Å². The highest BCUT2D eigenvalue weighted by molar-refractivity contribution is 6.33. The number of anilines is 1. The van der Waals surface area contributed by atoms with E-state index >= 15 is 0 Å². The number of aryl methyl sites for hydroxylation is 1. The molecule has 2 aliphatic rings. The molecule has 0 spiro atoms. The lowest BCUT2D eigenvalue weighted by atomic mass is 10.1. The zero-order chi connectivity index (χ0) is 24.5. The molecule has 5 rings (SSSR count). The Morgan fingerprint density at radius 1 is 1.20 bits per heavy atom. The van der Waals surface area contributed by atoms with Crippen molar-refractivity contribution in [1.82, 2.24) is 29.9 Å². The maximum atomic E-state index is 14.5. The van der Waals surface area contributed by atoms with Gasteiger partial charge < -0.3 is 14.5 Å². The van der Waals surface area contributed by atoms with E-state index < -0.39 is 11.5 Å². The highest BCUT2D eigenvalue weighted by Crippen LogP contribution is 2.31. The molecule has 35 heavy (non-hydrogen) atoms. The van der Waals surface area contributed by atoms with Crippen molar-refractivity contribution in [2.45, 2.75) is 45.8 Å². The Morgan fingerprint density at radius 2 is 2.00 bits per heavy atom. The Labute approximate surface area is 207 Å². The minimum atomic E-state index is -0.599. The number of H-pyrrole nitrogens is 1. The molecular formula is C24H29ClFN7O2. The van der Waals surface area contributed by atoms with Crippen LogP contribution in [-0.4, -0.2) is 68.7 Å². The minimum absolute atomic E-state index is 0.0968. The average molecular weight is 502 g/mol. The molecule has 1 atom stereocenters. The molecule has 0 saturated carbocycles. The number of hydrogen-bond donors (Lipinski definition) is 1. The molecule has 2 aliphatic heterocycles. The van der Waals surface area contributed by atoms with Gasteiger partial charge in [-0.05, 0) is 45.3 Å². The van der Waals surface area contributed by atoms with Gasteiger partial charge in [0.2, 0.25) is 11.8 Å². The molecule has 0 aromatic carbocycles. The molecule has 2 saturated heterocycles. The van der Waals surface area contributed by atoms with Crippen LogP contribution in [0.3, 0.4) is 0 Å². The zero-order valence-corrected chi connectivity index (χ0v) is 20.7. The number of pyridine rings is 1. The molecular weight excluding hydrogens is 473 g/mol. The number of aromatic nitrogens is 5. The number of likely N-dealkylation sites (tertiary alicyclic amines) is 1. The first-order valence-electron chi connectivity index (χ1n) is 12.0. The van der Waals surface area contributed by atoms with Gasteiger partial charge in [-0.2, -0.15) is 19.6 Å². The molecule has 0 amide bonds. The lowest BCUT2D eigenvalue weighted by Gasteiger charge is -2.19. The van der Waals surface area contributed by atoms with Crippen molar-refractivity contribution >= 4 is 17.3 Å². The van der Waals surface area contributed by atoms with Crippen LogP contribution in [-0.2, 0) is 6.54 Å². The van der Waals surface area contributed by atoms with E-state index in [9.17, 15) is 9.18 Å². The van der Waals surface area contributed by atoms with Crippen LogP contribution in [0.4, 0.5) is 10.1 Å². The van der Waals surface area contributed by atoms with E-state index in [4.69, 9.17) is 21.4 Å². The maximum Gasteiger partial charge on any atom is 0.285 e. The fraction of sp³-hybridized carbons (Fsp3) is 0.500. The standard InChI is InChI=1S/C24H29ClFN7O2/c1-15-22(16(2)33(30-15)10-9-31-6-3-4-7-31)17-11-20(26)28-21(12-17)35-18-5-8-32(14-18)19-13-27-29-24(34)23(19)25/h11-13,18H,3-10,14H2,1-2H3,(H,29,34)/t18-/m1/s1. The van der Waals surface area contributed by atoms with Crippen LogP contribution < -0.4 is 15.2 Å². The summed E-state index contributed by atoms with van der Waals surface area (Å²) >= 11 is 6.14. The SMILES string of the molecule is Cc1nn(CCN2CCCC2)c(C)c1-c1cc(F)nc(O[C@@H]2CCN(c3cn[nH]c(=O)c3Cl)C2)c1. The fourth-order valence-electron chi connectivity index (χ4n) is 5.06. The van der Waals surface area contributed by atoms with Crippen molar-refractivity contribution in [1.29, 1.82) is 0 Å². The van der Waals surface area contributed by atoms with E-state index in [1.54, 1.807) is 6.07 Å². The van der Waals surface area contributed by atoms with Crippen molar-refractivity contribution in [2.75, 3.05) is 37.6 Å². The third kappa shape index (κ3) is 5.04. The van der Waals surface area contributed by atoms with E-state index in [2.05, 4.69) is 20.1 Å². The predicted molar refractivity (Wildman–Crippen MR) is 132 cm³/mol. The second kappa shape index (κ2) is 9.94. The van der Waals surface area contributed by atoms with Gasteiger partial charge in [0.15, 0.2) is 0 Å². The van der Waals surface area contributed by atoms with Crippen LogP contribution in [0.25, 0.3) is 11.1 Å². The van der Waals surface area contributed by atoms with Crippen molar-refractivity contribution in [3.05, 3.63) is 51.0 Å². The second-order valence-electron chi connectivity index (χ2n) is 9.21. The number of aromatic amines is 1. The van der Waals surface area contributed by atoms with E-state index in [1.807, 2.05) is 23.4 Å². The van der Waals surface area contributed by atoms with Crippen LogP contribution in [0.1, 0.15) is 30.7 Å². The smallest absolute Gasteiger partial charge is 0.285 e. The van der Waals surface area contributed by atoms with Crippen molar-refractivity contribution in [2.24, 2.45) is 0 Å².